The highest BCUT2D eigenvalue weighted by atomic mass is 16.6. The number of nitro benzene ring substituents is 1. The average molecular weight is 288 g/mol. The number of hydrogen-bond acceptors (Lipinski definition) is 5. The van der Waals surface area contributed by atoms with Gasteiger partial charge in [-0.3, -0.25) is 10.1 Å². The van der Waals surface area contributed by atoms with Gasteiger partial charge in [-0.25, -0.2) is 4.98 Å². The number of ether oxygens (including phenoxy) is 1. The van der Waals surface area contributed by atoms with E-state index in [0.29, 0.717) is 23.1 Å². The summed E-state index contributed by atoms with van der Waals surface area (Å²) in [5, 5.41) is 21.4. The molecule has 0 spiro atoms. The van der Waals surface area contributed by atoms with Crippen molar-refractivity contribution < 1.29 is 14.8 Å². The Balaban J connectivity index is 2.01. The second-order valence-electron chi connectivity index (χ2n) is 5.92. The molecule has 1 heterocycles. The summed E-state index contributed by atoms with van der Waals surface area (Å²) >= 11 is 0. The fourth-order valence-electron chi connectivity index (χ4n) is 2.60. The highest BCUT2D eigenvalue weighted by Gasteiger charge is 2.49. The Labute approximate surface area is 121 Å². The molecule has 3 rings (SSSR count). The number of nitrogens with zero attached hydrogens (tertiary/aromatic N) is 2. The van der Waals surface area contributed by atoms with Gasteiger partial charge in [-0.1, -0.05) is 13.8 Å². The van der Waals surface area contributed by atoms with Gasteiger partial charge in [0.15, 0.2) is 5.52 Å². The van der Waals surface area contributed by atoms with Gasteiger partial charge in [0, 0.05) is 29.5 Å². The SMILES string of the molecule is CC1(C)C(O)CC1Oc1ccc([N+](=O)[O-])c2ncccc12. The van der Waals surface area contributed by atoms with Gasteiger partial charge in [0.25, 0.3) is 5.69 Å². The van der Waals surface area contributed by atoms with Crippen LogP contribution in [-0.4, -0.2) is 27.2 Å². The Morgan fingerprint density at radius 1 is 1.43 bits per heavy atom. The van der Waals surface area contributed by atoms with Crippen LogP contribution in [0.1, 0.15) is 20.3 Å². The second-order valence-corrected chi connectivity index (χ2v) is 5.92. The van der Waals surface area contributed by atoms with Crippen LogP contribution in [0.5, 0.6) is 5.75 Å². The van der Waals surface area contributed by atoms with E-state index >= 15 is 0 Å². The lowest BCUT2D eigenvalue weighted by atomic mass is 9.66. The van der Waals surface area contributed by atoms with E-state index in [1.54, 1.807) is 18.2 Å². The first-order valence-corrected chi connectivity index (χ1v) is 6.78. The summed E-state index contributed by atoms with van der Waals surface area (Å²) in [6, 6.07) is 6.49. The van der Waals surface area contributed by atoms with Gasteiger partial charge < -0.3 is 9.84 Å². The van der Waals surface area contributed by atoms with Gasteiger partial charge in [-0.15, -0.1) is 0 Å². The van der Waals surface area contributed by atoms with Crippen LogP contribution in [0.25, 0.3) is 10.9 Å². The predicted octanol–water partition coefficient (Wildman–Crippen LogP) is 2.68. The topological polar surface area (TPSA) is 85.5 Å². The molecule has 0 aliphatic heterocycles. The number of hydrogen-bond donors (Lipinski definition) is 1. The highest BCUT2D eigenvalue weighted by molar-refractivity contribution is 5.92. The number of aromatic nitrogens is 1. The van der Waals surface area contributed by atoms with E-state index in [0.717, 1.165) is 0 Å². The minimum absolute atomic E-state index is 0.0362. The van der Waals surface area contributed by atoms with Gasteiger partial charge in [0.1, 0.15) is 11.9 Å². The van der Waals surface area contributed by atoms with Gasteiger partial charge >= 0.3 is 0 Å². The molecular weight excluding hydrogens is 272 g/mol. The Hall–Kier alpha value is -2.21. The van der Waals surface area contributed by atoms with Crippen molar-refractivity contribution in [2.75, 3.05) is 0 Å². The summed E-state index contributed by atoms with van der Waals surface area (Å²) in [7, 11) is 0. The maximum absolute atomic E-state index is 11.1. The minimum Gasteiger partial charge on any atom is -0.489 e. The van der Waals surface area contributed by atoms with Crippen molar-refractivity contribution in [3.63, 3.8) is 0 Å². The first-order valence-electron chi connectivity index (χ1n) is 6.78. The molecule has 1 saturated carbocycles. The van der Waals surface area contributed by atoms with E-state index in [1.165, 1.54) is 12.3 Å². The molecule has 1 aliphatic rings. The van der Waals surface area contributed by atoms with Crippen molar-refractivity contribution >= 4 is 16.6 Å². The van der Waals surface area contributed by atoms with Crippen LogP contribution in [0.15, 0.2) is 30.5 Å². The molecule has 0 saturated heterocycles. The first kappa shape index (κ1) is 13.8. The number of fused-ring (bicyclic) bond motifs is 1. The molecule has 110 valence electrons. The molecule has 2 aromatic rings. The van der Waals surface area contributed by atoms with Crippen LogP contribution in [0.4, 0.5) is 5.69 Å². The Bertz CT molecular complexity index is 714. The molecule has 0 bridgehead atoms. The Morgan fingerprint density at radius 2 is 2.19 bits per heavy atom. The van der Waals surface area contributed by atoms with Crippen LogP contribution in [0.3, 0.4) is 0 Å². The molecule has 1 aromatic carbocycles. The number of aliphatic hydroxyl groups is 1. The zero-order valence-electron chi connectivity index (χ0n) is 11.8. The van der Waals surface area contributed by atoms with Crippen LogP contribution < -0.4 is 4.74 Å². The monoisotopic (exact) mass is 288 g/mol. The van der Waals surface area contributed by atoms with E-state index in [9.17, 15) is 15.2 Å². The molecule has 2 atom stereocenters. The molecule has 6 heteroatoms. The molecule has 0 amide bonds. The molecule has 21 heavy (non-hydrogen) atoms. The van der Waals surface area contributed by atoms with Crippen LogP contribution in [-0.2, 0) is 0 Å². The third kappa shape index (κ3) is 2.12. The standard InChI is InChI=1S/C15H16N2O4/c1-15(2)12(18)8-13(15)21-11-6-5-10(17(19)20)14-9(11)4-3-7-16-14/h3-7,12-13,18H,8H2,1-2H3. The number of aliphatic hydroxyl groups excluding tert-OH is 1. The van der Waals surface area contributed by atoms with Crippen LogP contribution in [0.2, 0.25) is 0 Å². The second kappa shape index (κ2) is 4.66. The van der Waals surface area contributed by atoms with Crippen molar-refractivity contribution in [2.45, 2.75) is 32.5 Å². The zero-order chi connectivity index (χ0) is 15.2. The number of nitro groups is 1. The Kier molecular flexibility index (Phi) is 3.06. The molecular formula is C15H16N2O4. The maximum Gasteiger partial charge on any atom is 0.295 e. The molecule has 1 N–H and O–H groups in total. The lowest BCUT2D eigenvalue weighted by Crippen LogP contribution is -2.56. The van der Waals surface area contributed by atoms with E-state index in [4.69, 9.17) is 4.74 Å². The van der Waals surface area contributed by atoms with Gasteiger partial charge in [-0.05, 0) is 18.2 Å². The fourth-order valence-corrected chi connectivity index (χ4v) is 2.60. The lowest BCUT2D eigenvalue weighted by Gasteiger charge is -2.48. The summed E-state index contributed by atoms with van der Waals surface area (Å²) in [6.45, 7) is 3.88. The number of non-ortho nitro benzene ring substituents is 1. The molecule has 2 unspecified atom stereocenters. The van der Waals surface area contributed by atoms with Gasteiger partial charge in [0.2, 0.25) is 0 Å². The van der Waals surface area contributed by atoms with Crippen LogP contribution >= 0.6 is 0 Å². The summed E-state index contributed by atoms with van der Waals surface area (Å²) in [5.41, 5.74) is -0.0421. The van der Waals surface area contributed by atoms with Crippen LogP contribution in [0, 0.1) is 15.5 Å². The van der Waals surface area contributed by atoms with Crippen molar-refractivity contribution in [1.82, 2.24) is 4.98 Å². The number of pyridine rings is 1. The summed E-state index contributed by atoms with van der Waals surface area (Å²) < 4.78 is 5.96. The molecule has 0 radical (unpaired) electrons. The van der Waals surface area contributed by atoms with Crippen molar-refractivity contribution in [3.8, 4) is 5.75 Å². The quantitative estimate of drug-likeness (QED) is 0.693. The third-order valence-electron chi connectivity index (χ3n) is 4.30. The van der Waals surface area contributed by atoms with E-state index in [-0.39, 0.29) is 23.3 Å². The smallest absolute Gasteiger partial charge is 0.295 e. The lowest BCUT2D eigenvalue weighted by molar-refractivity contribution is -0.383. The summed E-state index contributed by atoms with van der Waals surface area (Å²) in [4.78, 5) is 14.7. The predicted molar refractivity (Wildman–Crippen MR) is 77.2 cm³/mol. The maximum atomic E-state index is 11.1. The molecule has 1 aliphatic carbocycles. The third-order valence-corrected chi connectivity index (χ3v) is 4.30. The fraction of sp³-hybridized carbons (Fsp3) is 0.400. The molecule has 6 nitrogen and oxygen atoms in total. The van der Waals surface area contributed by atoms with Gasteiger partial charge in [-0.2, -0.15) is 0 Å². The minimum atomic E-state index is -0.448. The van der Waals surface area contributed by atoms with Crippen molar-refractivity contribution in [3.05, 3.63) is 40.6 Å². The number of rotatable bonds is 3. The van der Waals surface area contributed by atoms with Crippen molar-refractivity contribution in [1.29, 1.82) is 0 Å². The zero-order valence-corrected chi connectivity index (χ0v) is 11.8. The summed E-state index contributed by atoms with van der Waals surface area (Å²) in [6.07, 6.45) is 1.59. The molecule has 1 fully saturated rings. The Morgan fingerprint density at radius 3 is 2.81 bits per heavy atom. The largest absolute Gasteiger partial charge is 0.489 e. The highest BCUT2D eigenvalue weighted by Crippen LogP contribution is 2.44. The normalized spacial score (nSPS) is 23.6. The summed E-state index contributed by atoms with van der Waals surface area (Å²) in [5.74, 6) is 0.564. The van der Waals surface area contributed by atoms with E-state index in [2.05, 4.69) is 4.98 Å². The van der Waals surface area contributed by atoms with E-state index in [1.807, 2.05) is 13.8 Å². The first-order chi connectivity index (χ1) is 9.91. The van der Waals surface area contributed by atoms with E-state index < -0.39 is 4.92 Å². The van der Waals surface area contributed by atoms with Crippen molar-refractivity contribution in [2.24, 2.45) is 5.41 Å². The molecule has 1 aromatic heterocycles. The van der Waals surface area contributed by atoms with Gasteiger partial charge in [0.05, 0.1) is 11.0 Å². The number of benzene rings is 1. The average Bonchev–Trinajstić information content (AvgIpc) is 2.46.